The summed E-state index contributed by atoms with van der Waals surface area (Å²) in [6, 6.07) is 26.0. The molecule has 37 heavy (non-hydrogen) atoms. The van der Waals surface area contributed by atoms with Crippen molar-refractivity contribution in [2.75, 3.05) is 14.1 Å². The van der Waals surface area contributed by atoms with Crippen LogP contribution in [0.2, 0.25) is 0 Å². The van der Waals surface area contributed by atoms with Gasteiger partial charge in [0.05, 0.1) is 14.1 Å². The van der Waals surface area contributed by atoms with Gasteiger partial charge in [-0.25, -0.2) is 0 Å². The van der Waals surface area contributed by atoms with E-state index < -0.39 is 0 Å². The first-order chi connectivity index (χ1) is 18.0. The molecular weight excluding hydrogens is 456 g/mol. The smallest absolute Gasteiger partial charge is 0.189 e. The van der Waals surface area contributed by atoms with Gasteiger partial charge in [-0.1, -0.05) is 38.5 Å². The highest BCUT2D eigenvalue weighted by Crippen LogP contribution is 2.32. The largest absolute Gasteiger partial charge is 0.484 e. The molecule has 0 amide bonds. The molecule has 0 N–H and O–H groups in total. The first-order valence-electron chi connectivity index (χ1n) is 13.6. The molecule has 0 saturated carbocycles. The SMILES string of the molecule is CCC.C[N+]12Cc3cccc[n+]3C1[n+]1ccccc1C2.C[N+]12Cc3cccc[n+]3C1[n+]1ccccc1C2. The third-order valence-corrected chi connectivity index (χ3v) is 8.12. The van der Waals surface area contributed by atoms with E-state index in [1.165, 1.54) is 29.2 Å². The molecule has 0 saturated heterocycles. The van der Waals surface area contributed by atoms with Gasteiger partial charge in [0.25, 0.3) is 0 Å². The van der Waals surface area contributed by atoms with Gasteiger partial charge in [0.1, 0.15) is 0 Å². The fourth-order valence-electron chi connectivity index (χ4n) is 6.79. The molecule has 8 heterocycles. The van der Waals surface area contributed by atoms with Crippen molar-refractivity contribution in [3.63, 3.8) is 0 Å². The monoisotopic (exact) mass is 496 g/mol. The second-order valence-corrected chi connectivity index (χ2v) is 11.4. The zero-order valence-corrected chi connectivity index (χ0v) is 22.6. The van der Waals surface area contributed by atoms with Crippen LogP contribution in [-0.2, 0) is 26.2 Å². The Morgan fingerprint density at radius 2 is 0.757 bits per heavy atom. The Kier molecular flexibility index (Phi) is 5.89. The van der Waals surface area contributed by atoms with E-state index in [1.807, 2.05) is 0 Å². The van der Waals surface area contributed by atoms with Crippen LogP contribution in [0.3, 0.4) is 0 Å². The summed E-state index contributed by atoms with van der Waals surface area (Å²) in [6.45, 7) is 8.72. The van der Waals surface area contributed by atoms with Crippen molar-refractivity contribution >= 4 is 0 Å². The maximum Gasteiger partial charge on any atom is 0.484 e. The number of pyridine rings is 4. The van der Waals surface area contributed by atoms with Crippen LogP contribution in [-0.4, -0.2) is 23.1 Å². The molecule has 188 valence electrons. The average Bonchev–Trinajstić information content (AvgIpc) is 3.54. The van der Waals surface area contributed by atoms with Gasteiger partial charge in [0, 0.05) is 48.5 Å². The number of nitrogens with zero attached hydrogens (tertiary/aromatic N) is 6. The highest BCUT2D eigenvalue weighted by Gasteiger charge is 2.63. The second kappa shape index (κ2) is 9.12. The number of aromatic nitrogens is 4. The van der Waals surface area contributed by atoms with Crippen molar-refractivity contribution < 1.29 is 27.2 Å². The number of hydrogen-bond donors (Lipinski definition) is 0. The minimum atomic E-state index is 0.405. The molecular formula is C31H40N6+6. The Morgan fingerprint density at radius 3 is 1.00 bits per heavy atom. The van der Waals surface area contributed by atoms with Gasteiger partial charge in [0.15, 0.2) is 51.0 Å². The lowest BCUT2D eigenvalue weighted by Crippen LogP contribution is -2.61. The number of hydrogen-bond acceptors (Lipinski definition) is 0. The number of quaternary nitrogens is 2. The molecule has 4 aromatic rings. The summed E-state index contributed by atoms with van der Waals surface area (Å²) in [6.07, 6.45) is 10.9. The molecule has 4 aliphatic rings. The second-order valence-electron chi connectivity index (χ2n) is 11.4. The average molecular weight is 497 g/mol. The normalized spacial score (nSPS) is 26.8. The Bertz CT molecular complexity index is 1240. The zero-order chi connectivity index (χ0) is 25.6. The van der Waals surface area contributed by atoms with Crippen molar-refractivity contribution in [2.45, 2.75) is 59.0 Å². The van der Waals surface area contributed by atoms with E-state index >= 15 is 0 Å². The van der Waals surface area contributed by atoms with E-state index in [1.54, 1.807) is 0 Å². The number of fused-ring (bicyclic) bond motifs is 10. The Balaban J connectivity index is 0.000000124. The predicted molar refractivity (Wildman–Crippen MR) is 139 cm³/mol. The Morgan fingerprint density at radius 1 is 0.514 bits per heavy atom. The van der Waals surface area contributed by atoms with Crippen molar-refractivity contribution in [3.05, 3.63) is 120 Å². The van der Waals surface area contributed by atoms with Crippen molar-refractivity contribution in [2.24, 2.45) is 0 Å². The van der Waals surface area contributed by atoms with Gasteiger partial charge >= 0.3 is 12.6 Å². The van der Waals surface area contributed by atoms with E-state index in [9.17, 15) is 0 Å². The van der Waals surface area contributed by atoms with E-state index in [4.69, 9.17) is 0 Å². The molecule has 0 fully saturated rings. The molecule has 0 spiro atoms. The molecule has 0 atom stereocenters. The van der Waals surface area contributed by atoms with Crippen LogP contribution in [0.25, 0.3) is 0 Å². The molecule has 0 bridgehead atoms. The number of rotatable bonds is 0. The quantitative estimate of drug-likeness (QED) is 0.263. The van der Waals surface area contributed by atoms with Gasteiger partial charge in [0.2, 0.25) is 22.8 Å². The topological polar surface area (TPSA) is 15.5 Å². The summed E-state index contributed by atoms with van der Waals surface area (Å²) in [5.41, 5.74) is 5.73. The molecule has 4 aromatic heterocycles. The highest BCUT2D eigenvalue weighted by atomic mass is 15.6. The summed E-state index contributed by atoms with van der Waals surface area (Å²) in [7, 11) is 4.70. The highest BCUT2D eigenvalue weighted by molar-refractivity contribution is 5.02. The molecule has 0 unspecified atom stereocenters. The summed E-state index contributed by atoms with van der Waals surface area (Å²) in [4.78, 5) is 0. The van der Waals surface area contributed by atoms with Crippen LogP contribution in [0.5, 0.6) is 0 Å². The molecule has 6 heteroatoms. The summed E-state index contributed by atoms with van der Waals surface area (Å²) in [5, 5.41) is 0. The summed E-state index contributed by atoms with van der Waals surface area (Å²) >= 11 is 0. The maximum atomic E-state index is 2.41. The first kappa shape index (κ1) is 23.9. The molecule has 6 nitrogen and oxygen atoms in total. The van der Waals surface area contributed by atoms with E-state index in [2.05, 4.69) is 144 Å². The predicted octanol–water partition coefficient (Wildman–Crippen LogP) is 2.90. The van der Waals surface area contributed by atoms with Gasteiger partial charge in [-0.2, -0.15) is 8.97 Å². The van der Waals surface area contributed by atoms with Crippen LogP contribution < -0.4 is 18.3 Å². The molecule has 0 aliphatic carbocycles. The fourth-order valence-corrected chi connectivity index (χ4v) is 6.79. The third kappa shape index (κ3) is 3.87. The van der Waals surface area contributed by atoms with E-state index in [-0.39, 0.29) is 0 Å². The Hall–Kier alpha value is -3.48. The summed E-state index contributed by atoms with van der Waals surface area (Å²) < 4.78 is 11.8. The fraction of sp³-hybridized carbons (Fsp3) is 0.355. The maximum absolute atomic E-state index is 2.41. The molecule has 4 aliphatic heterocycles. The van der Waals surface area contributed by atoms with Crippen LogP contribution in [0.4, 0.5) is 0 Å². The van der Waals surface area contributed by atoms with Gasteiger partial charge < -0.3 is 0 Å². The van der Waals surface area contributed by atoms with Crippen molar-refractivity contribution in [1.82, 2.24) is 0 Å². The minimum absolute atomic E-state index is 0.405. The molecule has 0 radical (unpaired) electrons. The van der Waals surface area contributed by atoms with Gasteiger partial charge in [-0.3, -0.25) is 0 Å². The lowest BCUT2D eigenvalue weighted by Gasteiger charge is -2.17. The molecule has 8 rings (SSSR count). The zero-order valence-electron chi connectivity index (χ0n) is 22.6. The third-order valence-electron chi connectivity index (χ3n) is 8.12. The molecule has 0 aromatic carbocycles. The van der Waals surface area contributed by atoms with Crippen molar-refractivity contribution in [3.8, 4) is 0 Å². The summed E-state index contributed by atoms with van der Waals surface area (Å²) in [5.74, 6) is 0. The van der Waals surface area contributed by atoms with E-state index in [0.717, 1.165) is 35.1 Å². The van der Waals surface area contributed by atoms with E-state index in [0.29, 0.717) is 12.6 Å². The van der Waals surface area contributed by atoms with Crippen LogP contribution >= 0.6 is 0 Å². The standard InChI is InChI=1S/2C14H16N3.C3H8/c2*1-17-10-12-6-2-4-8-15(12)14(17)16-9-5-3-7-13(16)11-17;1-3-2/h2*2-9,14H,10-11H2,1H3;3H2,1-2H3/q2*+3;. The lowest BCUT2D eigenvalue weighted by atomic mass is 10.3. The van der Waals surface area contributed by atoms with Crippen LogP contribution in [0.15, 0.2) is 97.6 Å². The van der Waals surface area contributed by atoms with Gasteiger partial charge in [-0.15, -0.1) is 0 Å². The van der Waals surface area contributed by atoms with Crippen LogP contribution in [0, 0.1) is 0 Å². The Labute approximate surface area is 220 Å². The van der Waals surface area contributed by atoms with Gasteiger partial charge in [-0.05, 0) is 24.3 Å². The minimum Gasteiger partial charge on any atom is -0.189 e. The first-order valence-corrected chi connectivity index (χ1v) is 13.6. The van der Waals surface area contributed by atoms with Crippen LogP contribution in [0.1, 0.15) is 55.6 Å². The lowest BCUT2D eigenvalue weighted by molar-refractivity contribution is -1.15. The van der Waals surface area contributed by atoms with Crippen molar-refractivity contribution in [1.29, 1.82) is 0 Å².